The molecule has 2 heterocycles. The number of nitrogens with zero attached hydrogens (tertiary/aromatic N) is 3. The Morgan fingerprint density at radius 3 is 2.79 bits per heavy atom. The van der Waals surface area contributed by atoms with Crippen molar-refractivity contribution in [3.8, 4) is 0 Å². The Bertz CT molecular complexity index is 372. The minimum Gasteiger partial charge on any atom is -0.465 e. The third-order valence-electron chi connectivity index (χ3n) is 3.90. The Labute approximate surface area is 113 Å². The molecule has 2 N–H and O–H groups in total. The number of aromatic amines is 1. The lowest BCUT2D eigenvalue weighted by Crippen LogP contribution is -2.37. The zero-order valence-electron chi connectivity index (χ0n) is 11.2. The van der Waals surface area contributed by atoms with Gasteiger partial charge in [0.1, 0.15) is 0 Å². The maximum atomic E-state index is 10.8. The second kappa shape index (κ2) is 7.11. The molecule has 0 spiro atoms. The van der Waals surface area contributed by atoms with Gasteiger partial charge < -0.3 is 10.0 Å². The van der Waals surface area contributed by atoms with Gasteiger partial charge in [-0.2, -0.15) is 0 Å². The molecule has 1 aromatic rings. The molecule has 6 heteroatoms. The monoisotopic (exact) mass is 266 g/mol. The molecule has 1 aliphatic rings. The molecule has 0 aromatic carbocycles. The number of nitrogens with one attached hydrogen (secondary N) is 1. The minimum absolute atomic E-state index is 0.707. The van der Waals surface area contributed by atoms with Crippen LogP contribution in [0.2, 0.25) is 0 Å². The molecule has 0 radical (unpaired) electrons. The number of hydrogen-bond donors (Lipinski definition) is 2. The van der Waals surface area contributed by atoms with Crippen molar-refractivity contribution in [1.29, 1.82) is 0 Å². The quantitative estimate of drug-likeness (QED) is 0.774. The molecule has 0 aliphatic carbocycles. The van der Waals surface area contributed by atoms with Gasteiger partial charge in [-0.25, -0.2) is 4.79 Å². The molecular formula is C13H22N4O2. The van der Waals surface area contributed by atoms with Crippen LogP contribution in [-0.4, -0.2) is 44.6 Å². The van der Waals surface area contributed by atoms with Crippen LogP contribution in [-0.2, 0) is 6.42 Å². The Morgan fingerprint density at radius 2 is 2.16 bits per heavy atom. The number of likely N-dealkylation sites (tertiary alicyclic amines) is 1. The summed E-state index contributed by atoms with van der Waals surface area (Å²) in [5.74, 6) is 0.711. The fourth-order valence-electron chi connectivity index (χ4n) is 2.68. The highest BCUT2D eigenvalue weighted by Crippen LogP contribution is 2.23. The number of amides is 1. The number of unbranched alkanes of at least 4 members (excludes halogenated alkanes) is 2. The summed E-state index contributed by atoms with van der Waals surface area (Å²) in [5.41, 5.74) is 1.04. The van der Waals surface area contributed by atoms with E-state index in [0.717, 1.165) is 31.4 Å². The zero-order chi connectivity index (χ0) is 13.5. The number of piperidine rings is 1. The van der Waals surface area contributed by atoms with E-state index in [2.05, 4.69) is 15.4 Å². The van der Waals surface area contributed by atoms with Crippen molar-refractivity contribution in [3.05, 3.63) is 11.9 Å². The second-order valence-corrected chi connectivity index (χ2v) is 5.28. The normalized spacial score (nSPS) is 16.7. The van der Waals surface area contributed by atoms with Crippen LogP contribution in [0.25, 0.3) is 0 Å². The first kappa shape index (κ1) is 13.8. The highest BCUT2D eigenvalue weighted by Gasteiger charge is 2.21. The average Bonchev–Trinajstić information content (AvgIpc) is 2.92. The van der Waals surface area contributed by atoms with Gasteiger partial charge in [-0.1, -0.05) is 24.5 Å². The van der Waals surface area contributed by atoms with E-state index in [9.17, 15) is 4.79 Å². The Kier molecular flexibility index (Phi) is 5.18. The van der Waals surface area contributed by atoms with Crippen molar-refractivity contribution in [2.45, 2.75) is 44.9 Å². The summed E-state index contributed by atoms with van der Waals surface area (Å²) in [7, 11) is 0. The summed E-state index contributed by atoms with van der Waals surface area (Å²) in [6.45, 7) is 1.41. The lowest BCUT2D eigenvalue weighted by Gasteiger charge is -2.29. The van der Waals surface area contributed by atoms with Crippen molar-refractivity contribution in [2.24, 2.45) is 5.92 Å². The highest BCUT2D eigenvalue weighted by atomic mass is 16.4. The number of aryl methyl sites for hydroxylation is 1. The molecule has 1 aromatic heterocycles. The zero-order valence-corrected chi connectivity index (χ0v) is 11.2. The first-order chi connectivity index (χ1) is 9.25. The van der Waals surface area contributed by atoms with E-state index in [1.54, 1.807) is 0 Å². The minimum atomic E-state index is -0.772. The molecule has 19 heavy (non-hydrogen) atoms. The fourth-order valence-corrected chi connectivity index (χ4v) is 2.68. The smallest absolute Gasteiger partial charge is 0.407 e. The summed E-state index contributed by atoms with van der Waals surface area (Å²) >= 11 is 0. The lowest BCUT2D eigenvalue weighted by atomic mass is 9.91. The molecule has 1 amide bonds. The first-order valence-electron chi connectivity index (χ1n) is 7.09. The Morgan fingerprint density at radius 1 is 1.37 bits per heavy atom. The van der Waals surface area contributed by atoms with Crippen LogP contribution in [0.5, 0.6) is 0 Å². The van der Waals surface area contributed by atoms with Crippen LogP contribution >= 0.6 is 0 Å². The molecular weight excluding hydrogens is 244 g/mol. The van der Waals surface area contributed by atoms with Crippen molar-refractivity contribution in [1.82, 2.24) is 20.3 Å². The number of H-pyrrole nitrogens is 1. The summed E-state index contributed by atoms with van der Waals surface area (Å²) in [5, 5.41) is 19.2. The number of carboxylic acid groups (broad SMARTS) is 1. The molecule has 6 nitrogen and oxygen atoms in total. The van der Waals surface area contributed by atoms with E-state index in [4.69, 9.17) is 5.11 Å². The SMILES string of the molecule is O=C(O)N1CCC(CCCCCc2c[nH]nn2)CC1. The van der Waals surface area contributed by atoms with Crippen LogP contribution in [0.15, 0.2) is 6.20 Å². The summed E-state index contributed by atoms with van der Waals surface area (Å²) in [6.07, 6.45) is 8.95. The number of aromatic nitrogens is 3. The van der Waals surface area contributed by atoms with E-state index in [-0.39, 0.29) is 0 Å². The van der Waals surface area contributed by atoms with E-state index in [1.807, 2.05) is 6.20 Å². The lowest BCUT2D eigenvalue weighted by molar-refractivity contribution is 0.122. The molecule has 1 aliphatic heterocycles. The molecule has 0 atom stereocenters. The summed E-state index contributed by atoms with van der Waals surface area (Å²) in [4.78, 5) is 12.3. The van der Waals surface area contributed by atoms with Gasteiger partial charge in [-0.15, -0.1) is 5.10 Å². The maximum absolute atomic E-state index is 10.8. The van der Waals surface area contributed by atoms with Gasteiger partial charge in [0.05, 0.1) is 5.69 Å². The third-order valence-corrected chi connectivity index (χ3v) is 3.90. The molecule has 2 rings (SSSR count). The van der Waals surface area contributed by atoms with E-state index >= 15 is 0 Å². The number of hydrogen-bond acceptors (Lipinski definition) is 3. The topological polar surface area (TPSA) is 82.1 Å². The maximum Gasteiger partial charge on any atom is 0.407 e. The molecule has 106 valence electrons. The predicted octanol–water partition coefficient (Wildman–Crippen LogP) is 2.30. The molecule has 0 unspecified atom stereocenters. The highest BCUT2D eigenvalue weighted by molar-refractivity contribution is 5.64. The van der Waals surface area contributed by atoms with E-state index < -0.39 is 6.09 Å². The standard InChI is InChI=1S/C13H22N4O2/c18-13(19)17-8-6-11(7-9-17)4-2-1-3-5-12-10-14-16-15-12/h10-11H,1-9H2,(H,18,19)(H,14,15,16). The largest absolute Gasteiger partial charge is 0.465 e. The van der Waals surface area contributed by atoms with Gasteiger partial charge in [0.25, 0.3) is 0 Å². The van der Waals surface area contributed by atoms with Crippen LogP contribution < -0.4 is 0 Å². The van der Waals surface area contributed by atoms with Crippen molar-refractivity contribution >= 4 is 6.09 Å². The van der Waals surface area contributed by atoms with E-state index in [1.165, 1.54) is 24.2 Å². The summed E-state index contributed by atoms with van der Waals surface area (Å²) < 4.78 is 0. The van der Waals surface area contributed by atoms with Gasteiger partial charge in [0, 0.05) is 19.3 Å². The van der Waals surface area contributed by atoms with Gasteiger partial charge in [0.2, 0.25) is 0 Å². The van der Waals surface area contributed by atoms with Gasteiger partial charge >= 0.3 is 6.09 Å². The van der Waals surface area contributed by atoms with Crippen LogP contribution in [0.1, 0.15) is 44.2 Å². The van der Waals surface area contributed by atoms with Gasteiger partial charge in [-0.05, 0) is 31.6 Å². The van der Waals surface area contributed by atoms with Crippen LogP contribution in [0, 0.1) is 5.92 Å². The van der Waals surface area contributed by atoms with Gasteiger partial charge in [0.15, 0.2) is 0 Å². The van der Waals surface area contributed by atoms with Crippen molar-refractivity contribution in [2.75, 3.05) is 13.1 Å². The van der Waals surface area contributed by atoms with Gasteiger partial charge in [-0.3, -0.25) is 5.10 Å². The fraction of sp³-hybridized carbons (Fsp3) is 0.769. The molecule has 1 fully saturated rings. The molecule has 1 saturated heterocycles. The Balaban J connectivity index is 1.51. The Hall–Kier alpha value is -1.59. The first-order valence-corrected chi connectivity index (χ1v) is 7.09. The number of carbonyl (C=O) groups is 1. The van der Waals surface area contributed by atoms with Crippen molar-refractivity contribution in [3.63, 3.8) is 0 Å². The molecule has 0 bridgehead atoms. The number of rotatable bonds is 6. The molecule has 0 saturated carbocycles. The second-order valence-electron chi connectivity index (χ2n) is 5.28. The van der Waals surface area contributed by atoms with Crippen LogP contribution in [0.4, 0.5) is 4.79 Å². The van der Waals surface area contributed by atoms with E-state index in [0.29, 0.717) is 19.0 Å². The summed E-state index contributed by atoms with van der Waals surface area (Å²) in [6, 6.07) is 0. The predicted molar refractivity (Wildman–Crippen MR) is 70.9 cm³/mol. The van der Waals surface area contributed by atoms with Crippen LogP contribution in [0.3, 0.4) is 0 Å². The average molecular weight is 266 g/mol. The van der Waals surface area contributed by atoms with Crippen molar-refractivity contribution < 1.29 is 9.90 Å². The third kappa shape index (κ3) is 4.54.